The van der Waals surface area contributed by atoms with Crippen LogP contribution < -0.4 is 0 Å². The number of carbonyl (C=O) groups is 1. The summed E-state index contributed by atoms with van der Waals surface area (Å²) < 4.78 is 5.31. The van der Waals surface area contributed by atoms with Crippen molar-refractivity contribution < 1.29 is 9.53 Å². The van der Waals surface area contributed by atoms with Crippen molar-refractivity contribution in [3.63, 3.8) is 0 Å². The number of hydrogen-bond acceptors (Lipinski definition) is 2. The van der Waals surface area contributed by atoms with Crippen molar-refractivity contribution in [2.45, 2.75) is 25.9 Å². The van der Waals surface area contributed by atoms with Crippen LogP contribution in [0.1, 0.15) is 19.8 Å². The molecule has 11 heavy (non-hydrogen) atoms. The van der Waals surface area contributed by atoms with Gasteiger partial charge in [0.05, 0.1) is 6.61 Å². The topological polar surface area (TPSA) is 29.5 Å². The van der Waals surface area contributed by atoms with Crippen LogP contribution in [0, 0.1) is 0 Å². The lowest BCUT2D eigenvalue weighted by Gasteiger charge is -2.29. The number of likely N-dealkylation sites (N-methyl/N-ethyl adjacent to an activating group) is 1. The zero-order valence-corrected chi connectivity index (χ0v) is 7.17. The maximum absolute atomic E-state index is 11.3. The molecule has 1 aliphatic rings. The second-order valence-corrected chi connectivity index (χ2v) is 2.91. The Morgan fingerprint density at radius 2 is 2.45 bits per heavy atom. The molecule has 0 N–H and O–H groups in total. The van der Waals surface area contributed by atoms with Gasteiger partial charge in [-0.25, -0.2) is 0 Å². The summed E-state index contributed by atoms with van der Waals surface area (Å²) in [6, 6.07) is 0. The Bertz CT molecular complexity index is 145. The predicted molar refractivity (Wildman–Crippen MR) is 42.3 cm³/mol. The Balaban J connectivity index is 2.44. The third-order valence-corrected chi connectivity index (χ3v) is 1.95. The van der Waals surface area contributed by atoms with E-state index in [0.29, 0.717) is 6.61 Å². The second kappa shape index (κ2) is 3.72. The van der Waals surface area contributed by atoms with E-state index in [1.807, 2.05) is 7.05 Å². The van der Waals surface area contributed by atoms with Crippen LogP contribution in [-0.4, -0.2) is 37.1 Å². The SMILES string of the molecule is CCCC1OCCN(C)C1=O. The molecule has 0 aliphatic carbocycles. The molecular formula is C8H15NO2. The van der Waals surface area contributed by atoms with E-state index < -0.39 is 0 Å². The van der Waals surface area contributed by atoms with Gasteiger partial charge < -0.3 is 9.64 Å². The standard InChI is InChI=1S/C8H15NO2/c1-3-4-7-8(10)9(2)5-6-11-7/h7H,3-6H2,1-2H3. The number of rotatable bonds is 2. The van der Waals surface area contributed by atoms with Crippen molar-refractivity contribution >= 4 is 5.91 Å². The molecule has 0 spiro atoms. The lowest BCUT2D eigenvalue weighted by atomic mass is 10.1. The van der Waals surface area contributed by atoms with Gasteiger partial charge in [-0.3, -0.25) is 4.79 Å². The molecule has 1 unspecified atom stereocenters. The van der Waals surface area contributed by atoms with Crippen molar-refractivity contribution in [3.8, 4) is 0 Å². The number of ether oxygens (including phenoxy) is 1. The molecule has 1 aliphatic heterocycles. The minimum absolute atomic E-state index is 0.137. The summed E-state index contributed by atoms with van der Waals surface area (Å²) in [5, 5.41) is 0. The molecule has 0 radical (unpaired) electrons. The van der Waals surface area contributed by atoms with E-state index in [9.17, 15) is 4.79 Å². The number of morpholine rings is 1. The van der Waals surface area contributed by atoms with Gasteiger partial charge in [0, 0.05) is 13.6 Å². The van der Waals surface area contributed by atoms with E-state index in [4.69, 9.17) is 4.74 Å². The second-order valence-electron chi connectivity index (χ2n) is 2.91. The van der Waals surface area contributed by atoms with Gasteiger partial charge in [-0.05, 0) is 6.42 Å². The van der Waals surface area contributed by atoms with Crippen LogP contribution in [0.4, 0.5) is 0 Å². The minimum Gasteiger partial charge on any atom is -0.367 e. The molecule has 0 saturated carbocycles. The summed E-state index contributed by atoms with van der Waals surface area (Å²) in [6.07, 6.45) is 1.69. The smallest absolute Gasteiger partial charge is 0.251 e. The molecule has 1 heterocycles. The highest BCUT2D eigenvalue weighted by molar-refractivity contribution is 5.81. The van der Waals surface area contributed by atoms with Crippen LogP contribution in [-0.2, 0) is 9.53 Å². The number of hydrogen-bond donors (Lipinski definition) is 0. The van der Waals surface area contributed by atoms with Gasteiger partial charge in [0.2, 0.25) is 0 Å². The minimum atomic E-state index is -0.168. The number of carbonyl (C=O) groups excluding carboxylic acids is 1. The molecule has 1 amide bonds. The monoisotopic (exact) mass is 157 g/mol. The van der Waals surface area contributed by atoms with Crippen molar-refractivity contribution in [2.24, 2.45) is 0 Å². The number of nitrogens with zero attached hydrogens (tertiary/aromatic N) is 1. The van der Waals surface area contributed by atoms with E-state index in [-0.39, 0.29) is 12.0 Å². The molecular weight excluding hydrogens is 142 g/mol. The Hall–Kier alpha value is -0.570. The van der Waals surface area contributed by atoms with Crippen LogP contribution in [0.2, 0.25) is 0 Å². The van der Waals surface area contributed by atoms with Crippen LogP contribution in [0.5, 0.6) is 0 Å². The van der Waals surface area contributed by atoms with Gasteiger partial charge in [0.15, 0.2) is 0 Å². The summed E-state index contributed by atoms with van der Waals surface area (Å²) in [6.45, 7) is 3.48. The molecule has 0 aromatic heterocycles. The van der Waals surface area contributed by atoms with Crippen molar-refractivity contribution in [1.82, 2.24) is 4.90 Å². The Kier molecular flexibility index (Phi) is 2.88. The summed E-state index contributed by atoms with van der Waals surface area (Å²) in [5.74, 6) is 0.137. The summed E-state index contributed by atoms with van der Waals surface area (Å²) in [7, 11) is 1.83. The largest absolute Gasteiger partial charge is 0.367 e. The van der Waals surface area contributed by atoms with Crippen molar-refractivity contribution in [3.05, 3.63) is 0 Å². The Morgan fingerprint density at radius 1 is 1.73 bits per heavy atom. The van der Waals surface area contributed by atoms with E-state index in [2.05, 4.69) is 6.92 Å². The Morgan fingerprint density at radius 3 is 3.09 bits per heavy atom. The van der Waals surface area contributed by atoms with Gasteiger partial charge in [0.1, 0.15) is 6.10 Å². The normalized spacial score (nSPS) is 25.8. The van der Waals surface area contributed by atoms with Crippen LogP contribution >= 0.6 is 0 Å². The van der Waals surface area contributed by atoms with Crippen LogP contribution in [0.3, 0.4) is 0 Å². The van der Waals surface area contributed by atoms with Crippen molar-refractivity contribution in [1.29, 1.82) is 0 Å². The summed E-state index contributed by atoms with van der Waals surface area (Å²) in [5.41, 5.74) is 0. The van der Waals surface area contributed by atoms with E-state index >= 15 is 0 Å². The maximum atomic E-state index is 11.3. The van der Waals surface area contributed by atoms with Crippen molar-refractivity contribution in [2.75, 3.05) is 20.2 Å². The van der Waals surface area contributed by atoms with Gasteiger partial charge in [-0.15, -0.1) is 0 Å². The van der Waals surface area contributed by atoms with E-state index in [1.165, 1.54) is 0 Å². The fourth-order valence-corrected chi connectivity index (χ4v) is 1.23. The molecule has 64 valence electrons. The quantitative estimate of drug-likeness (QED) is 0.589. The number of amides is 1. The van der Waals surface area contributed by atoms with Gasteiger partial charge in [-0.2, -0.15) is 0 Å². The highest BCUT2D eigenvalue weighted by atomic mass is 16.5. The molecule has 0 aromatic carbocycles. The van der Waals surface area contributed by atoms with Gasteiger partial charge in [-0.1, -0.05) is 13.3 Å². The molecule has 0 bridgehead atoms. The summed E-state index contributed by atoms with van der Waals surface area (Å²) >= 11 is 0. The zero-order valence-electron chi connectivity index (χ0n) is 7.17. The lowest BCUT2D eigenvalue weighted by molar-refractivity contribution is -0.151. The molecule has 3 nitrogen and oxygen atoms in total. The first kappa shape index (κ1) is 8.53. The third-order valence-electron chi connectivity index (χ3n) is 1.95. The third kappa shape index (κ3) is 1.93. The van der Waals surface area contributed by atoms with E-state index in [0.717, 1.165) is 19.4 Å². The fourth-order valence-electron chi connectivity index (χ4n) is 1.23. The first-order valence-corrected chi connectivity index (χ1v) is 4.12. The predicted octanol–water partition coefficient (Wildman–Crippen LogP) is 0.644. The Labute approximate surface area is 67.3 Å². The lowest BCUT2D eigenvalue weighted by Crippen LogP contribution is -2.45. The summed E-state index contributed by atoms with van der Waals surface area (Å²) in [4.78, 5) is 13.1. The molecule has 1 rings (SSSR count). The highest BCUT2D eigenvalue weighted by Gasteiger charge is 2.25. The van der Waals surface area contributed by atoms with Gasteiger partial charge >= 0.3 is 0 Å². The molecule has 0 aromatic rings. The average Bonchev–Trinajstić information content (AvgIpc) is 1.99. The maximum Gasteiger partial charge on any atom is 0.251 e. The van der Waals surface area contributed by atoms with Gasteiger partial charge in [0.25, 0.3) is 5.91 Å². The van der Waals surface area contributed by atoms with E-state index in [1.54, 1.807) is 4.90 Å². The molecule has 1 atom stereocenters. The molecule has 1 fully saturated rings. The fraction of sp³-hybridized carbons (Fsp3) is 0.875. The molecule has 1 saturated heterocycles. The van der Waals surface area contributed by atoms with Crippen LogP contribution in [0.25, 0.3) is 0 Å². The average molecular weight is 157 g/mol. The highest BCUT2D eigenvalue weighted by Crippen LogP contribution is 2.09. The molecule has 3 heteroatoms. The van der Waals surface area contributed by atoms with Crippen LogP contribution in [0.15, 0.2) is 0 Å². The first-order valence-electron chi connectivity index (χ1n) is 4.12. The first-order chi connectivity index (χ1) is 5.25. The zero-order chi connectivity index (χ0) is 8.27.